The van der Waals surface area contributed by atoms with E-state index in [-0.39, 0.29) is 23.8 Å². The van der Waals surface area contributed by atoms with E-state index >= 15 is 0 Å². The summed E-state index contributed by atoms with van der Waals surface area (Å²) < 4.78 is 0. The number of benzene rings is 1. The lowest BCUT2D eigenvalue weighted by Crippen LogP contribution is -2.50. The molecule has 0 aliphatic rings. The lowest BCUT2D eigenvalue weighted by atomic mass is 9.83. The van der Waals surface area contributed by atoms with E-state index in [1.165, 1.54) is 0 Å². The molecule has 0 aliphatic heterocycles. The first-order chi connectivity index (χ1) is 9.72. The first-order valence-corrected chi connectivity index (χ1v) is 7.40. The van der Waals surface area contributed by atoms with Crippen LogP contribution in [-0.2, 0) is 10.3 Å². The molecule has 0 radical (unpaired) electrons. The monoisotopic (exact) mass is 292 g/mol. The van der Waals surface area contributed by atoms with E-state index in [4.69, 9.17) is 5.73 Å². The molecule has 118 valence electrons. The second-order valence-electron chi connectivity index (χ2n) is 7.04. The van der Waals surface area contributed by atoms with Gasteiger partial charge in [0.2, 0.25) is 5.91 Å². The number of nitrogens with two attached hydrogens (primary N) is 1. The highest BCUT2D eigenvalue weighted by Crippen LogP contribution is 2.26. The predicted octanol–water partition coefficient (Wildman–Crippen LogP) is 2.02. The highest BCUT2D eigenvalue weighted by molar-refractivity contribution is 5.80. The van der Waals surface area contributed by atoms with Crippen LogP contribution < -0.4 is 11.1 Å². The fraction of sp³-hybridized carbons (Fsp3) is 0.588. The number of aliphatic hydroxyl groups excluding tert-OH is 1. The lowest BCUT2D eigenvalue weighted by Gasteiger charge is -2.32. The molecule has 4 nitrogen and oxygen atoms in total. The van der Waals surface area contributed by atoms with E-state index in [1.807, 2.05) is 37.3 Å². The number of amides is 1. The molecule has 1 aromatic rings. The summed E-state index contributed by atoms with van der Waals surface area (Å²) in [6.45, 7) is 8.24. The minimum atomic E-state index is -0.788. The van der Waals surface area contributed by atoms with Gasteiger partial charge < -0.3 is 16.2 Å². The van der Waals surface area contributed by atoms with E-state index in [0.29, 0.717) is 13.0 Å². The van der Waals surface area contributed by atoms with Crippen LogP contribution in [0.4, 0.5) is 0 Å². The molecule has 2 atom stereocenters. The van der Waals surface area contributed by atoms with Crippen molar-refractivity contribution in [3.63, 3.8) is 0 Å². The van der Waals surface area contributed by atoms with Crippen molar-refractivity contribution in [2.24, 2.45) is 17.1 Å². The normalized spacial score (nSPS) is 16.1. The third-order valence-electron chi connectivity index (χ3n) is 3.64. The molecule has 1 aromatic carbocycles. The van der Waals surface area contributed by atoms with Crippen molar-refractivity contribution in [3.05, 3.63) is 35.9 Å². The minimum absolute atomic E-state index is 0.0315. The maximum Gasteiger partial charge on any atom is 0.225 e. The van der Waals surface area contributed by atoms with Gasteiger partial charge in [-0.05, 0) is 24.3 Å². The van der Waals surface area contributed by atoms with Crippen LogP contribution in [-0.4, -0.2) is 24.2 Å². The molecule has 0 fully saturated rings. The molecule has 1 amide bonds. The topological polar surface area (TPSA) is 75.4 Å². The van der Waals surface area contributed by atoms with Crippen LogP contribution in [0.5, 0.6) is 0 Å². The van der Waals surface area contributed by atoms with Gasteiger partial charge in [0.05, 0.1) is 18.1 Å². The highest BCUT2D eigenvalue weighted by Gasteiger charge is 2.31. The van der Waals surface area contributed by atoms with E-state index in [0.717, 1.165) is 5.56 Å². The summed E-state index contributed by atoms with van der Waals surface area (Å²) in [6, 6.07) is 9.50. The van der Waals surface area contributed by atoms with Gasteiger partial charge in [0.15, 0.2) is 0 Å². The highest BCUT2D eigenvalue weighted by atomic mass is 16.3. The molecule has 0 saturated heterocycles. The SMILES string of the molecule is CC(C)(C)CC(CN)C(=O)NC(C)(CO)c1ccccc1. The molecule has 2 unspecified atom stereocenters. The summed E-state index contributed by atoms with van der Waals surface area (Å²) in [5, 5.41) is 12.7. The Morgan fingerprint density at radius 2 is 1.81 bits per heavy atom. The van der Waals surface area contributed by atoms with E-state index in [2.05, 4.69) is 26.1 Å². The molecule has 0 aromatic heterocycles. The van der Waals surface area contributed by atoms with Crippen molar-refractivity contribution in [2.45, 2.75) is 39.7 Å². The van der Waals surface area contributed by atoms with Gasteiger partial charge in [-0.1, -0.05) is 51.1 Å². The second kappa shape index (κ2) is 7.05. The summed E-state index contributed by atoms with van der Waals surface area (Å²) in [5.41, 5.74) is 5.88. The summed E-state index contributed by atoms with van der Waals surface area (Å²) in [5.74, 6) is -0.354. The average Bonchev–Trinajstić information content (AvgIpc) is 2.44. The molecule has 0 aliphatic carbocycles. The summed E-state index contributed by atoms with van der Waals surface area (Å²) in [6.07, 6.45) is 0.714. The predicted molar refractivity (Wildman–Crippen MR) is 85.6 cm³/mol. The number of rotatable bonds is 6. The maximum absolute atomic E-state index is 12.5. The van der Waals surface area contributed by atoms with Crippen molar-refractivity contribution in [1.82, 2.24) is 5.32 Å². The van der Waals surface area contributed by atoms with Gasteiger partial charge in [0.1, 0.15) is 0 Å². The number of carbonyl (C=O) groups is 1. The maximum atomic E-state index is 12.5. The zero-order valence-corrected chi connectivity index (χ0v) is 13.5. The molecule has 1 rings (SSSR count). The molecular formula is C17H28N2O2. The molecule has 4 N–H and O–H groups in total. The van der Waals surface area contributed by atoms with E-state index < -0.39 is 5.54 Å². The molecular weight excluding hydrogens is 264 g/mol. The Labute approximate surface area is 127 Å². The van der Waals surface area contributed by atoms with Gasteiger partial charge in [-0.25, -0.2) is 0 Å². The number of nitrogens with one attached hydrogen (secondary N) is 1. The first-order valence-electron chi connectivity index (χ1n) is 7.40. The lowest BCUT2D eigenvalue weighted by molar-refractivity contribution is -0.128. The molecule has 0 saturated carbocycles. The number of hydrogen-bond donors (Lipinski definition) is 3. The fourth-order valence-corrected chi connectivity index (χ4v) is 2.41. The molecule has 0 spiro atoms. The van der Waals surface area contributed by atoms with Crippen molar-refractivity contribution < 1.29 is 9.90 Å². The number of hydrogen-bond acceptors (Lipinski definition) is 3. The molecule has 21 heavy (non-hydrogen) atoms. The Kier molecular flexibility index (Phi) is 5.93. The third kappa shape index (κ3) is 5.14. The van der Waals surface area contributed by atoms with E-state index in [9.17, 15) is 9.90 Å². The smallest absolute Gasteiger partial charge is 0.225 e. The first kappa shape index (κ1) is 17.7. The molecule has 0 heterocycles. The zero-order chi connectivity index (χ0) is 16.1. The Hall–Kier alpha value is -1.39. The van der Waals surface area contributed by atoms with Gasteiger partial charge in [-0.3, -0.25) is 4.79 Å². The third-order valence-corrected chi connectivity index (χ3v) is 3.64. The Balaban J connectivity index is 2.87. The van der Waals surface area contributed by atoms with Gasteiger partial charge in [0, 0.05) is 6.54 Å². The number of aliphatic hydroxyl groups is 1. The molecule has 0 bridgehead atoms. The van der Waals surface area contributed by atoms with Crippen molar-refractivity contribution in [1.29, 1.82) is 0 Å². The quantitative estimate of drug-likeness (QED) is 0.751. The molecule has 4 heteroatoms. The van der Waals surface area contributed by atoms with Crippen LogP contribution in [0.25, 0.3) is 0 Å². The Morgan fingerprint density at radius 1 is 1.24 bits per heavy atom. The summed E-state index contributed by atoms with van der Waals surface area (Å²) in [7, 11) is 0. The standard InChI is InChI=1S/C17H28N2O2/c1-16(2,3)10-13(11-18)15(21)19-17(4,12-20)14-8-6-5-7-9-14/h5-9,13,20H,10-12,18H2,1-4H3,(H,19,21). The van der Waals surface area contributed by atoms with Crippen LogP contribution in [0.3, 0.4) is 0 Å². The average molecular weight is 292 g/mol. The number of carbonyl (C=O) groups excluding carboxylic acids is 1. The zero-order valence-electron chi connectivity index (χ0n) is 13.5. The van der Waals surface area contributed by atoms with Crippen LogP contribution >= 0.6 is 0 Å². The van der Waals surface area contributed by atoms with Crippen LogP contribution in [0.2, 0.25) is 0 Å². The van der Waals surface area contributed by atoms with Gasteiger partial charge in [-0.2, -0.15) is 0 Å². The van der Waals surface area contributed by atoms with Crippen molar-refractivity contribution >= 4 is 5.91 Å². The van der Waals surface area contributed by atoms with Gasteiger partial charge in [0.25, 0.3) is 0 Å². The van der Waals surface area contributed by atoms with Crippen LogP contribution in [0, 0.1) is 11.3 Å². The van der Waals surface area contributed by atoms with Crippen molar-refractivity contribution in [3.8, 4) is 0 Å². The van der Waals surface area contributed by atoms with Crippen molar-refractivity contribution in [2.75, 3.05) is 13.2 Å². The summed E-state index contributed by atoms with van der Waals surface area (Å²) >= 11 is 0. The van der Waals surface area contributed by atoms with Gasteiger partial charge in [-0.15, -0.1) is 0 Å². The Morgan fingerprint density at radius 3 is 2.24 bits per heavy atom. The Bertz CT molecular complexity index is 454. The van der Waals surface area contributed by atoms with Crippen LogP contribution in [0.15, 0.2) is 30.3 Å². The minimum Gasteiger partial charge on any atom is -0.394 e. The fourth-order valence-electron chi connectivity index (χ4n) is 2.41. The second-order valence-corrected chi connectivity index (χ2v) is 7.04. The van der Waals surface area contributed by atoms with E-state index in [1.54, 1.807) is 0 Å². The summed E-state index contributed by atoms with van der Waals surface area (Å²) in [4.78, 5) is 12.5. The van der Waals surface area contributed by atoms with Crippen LogP contribution in [0.1, 0.15) is 39.7 Å². The van der Waals surface area contributed by atoms with Gasteiger partial charge >= 0.3 is 0 Å². The largest absolute Gasteiger partial charge is 0.394 e.